The van der Waals surface area contributed by atoms with E-state index < -0.39 is 0 Å². The van der Waals surface area contributed by atoms with E-state index in [0.29, 0.717) is 0 Å². The molecule has 1 fully saturated rings. The summed E-state index contributed by atoms with van der Waals surface area (Å²) in [6.45, 7) is 1.65. The molecule has 0 saturated carbocycles. The molecule has 1 saturated heterocycles. The molecule has 21 heavy (non-hydrogen) atoms. The van der Waals surface area contributed by atoms with Crippen molar-refractivity contribution in [3.05, 3.63) is 12.2 Å². The second-order valence-corrected chi connectivity index (χ2v) is 5.79. The van der Waals surface area contributed by atoms with Crippen molar-refractivity contribution in [2.75, 3.05) is 13.2 Å². The van der Waals surface area contributed by atoms with Crippen molar-refractivity contribution in [1.82, 2.24) is 0 Å². The minimum atomic E-state index is 0.0571. The van der Waals surface area contributed by atoms with Gasteiger partial charge in [-0.25, -0.2) is 0 Å². The second kappa shape index (κ2) is 14.2. The molecule has 0 bridgehead atoms. The third-order valence-corrected chi connectivity index (χ3v) is 3.83. The fourth-order valence-corrected chi connectivity index (χ4v) is 2.54. The maximum Gasteiger partial charge on any atom is 0.157 e. The van der Waals surface area contributed by atoms with Crippen LogP contribution in [0, 0.1) is 12.3 Å². The predicted molar refractivity (Wildman–Crippen MR) is 89.1 cm³/mol. The van der Waals surface area contributed by atoms with Gasteiger partial charge in [0.05, 0.1) is 6.61 Å². The lowest BCUT2D eigenvalue weighted by atomic mass is 10.1. The van der Waals surface area contributed by atoms with Crippen molar-refractivity contribution in [1.29, 1.82) is 0 Å². The average Bonchev–Trinajstić information content (AvgIpc) is 2.53. The Bertz CT molecular complexity index is 284. The number of hydrogen-bond acceptors (Lipinski definition) is 2. The molecule has 1 heterocycles. The molecule has 1 aliphatic heterocycles. The van der Waals surface area contributed by atoms with Crippen LogP contribution in [0.4, 0.5) is 0 Å². The number of ether oxygens (including phenoxy) is 2. The van der Waals surface area contributed by atoms with Crippen LogP contribution in [0.15, 0.2) is 12.2 Å². The van der Waals surface area contributed by atoms with Gasteiger partial charge in [0.15, 0.2) is 6.29 Å². The zero-order valence-corrected chi connectivity index (χ0v) is 13.5. The van der Waals surface area contributed by atoms with E-state index in [4.69, 9.17) is 15.9 Å². The van der Waals surface area contributed by atoms with Gasteiger partial charge in [-0.05, 0) is 44.9 Å². The molecule has 0 N–H and O–H groups in total. The van der Waals surface area contributed by atoms with Crippen LogP contribution in [-0.4, -0.2) is 19.5 Å². The molecule has 0 aliphatic carbocycles. The molecule has 120 valence electrons. The van der Waals surface area contributed by atoms with Gasteiger partial charge in [-0.2, -0.15) is 0 Å². The number of rotatable bonds is 12. The molecule has 0 aromatic rings. The van der Waals surface area contributed by atoms with E-state index in [9.17, 15) is 0 Å². The summed E-state index contributed by atoms with van der Waals surface area (Å²) >= 11 is 0. The largest absolute Gasteiger partial charge is 0.353 e. The van der Waals surface area contributed by atoms with E-state index >= 15 is 0 Å². The summed E-state index contributed by atoms with van der Waals surface area (Å²) in [5, 5.41) is 0. The third-order valence-electron chi connectivity index (χ3n) is 3.83. The van der Waals surface area contributed by atoms with Crippen molar-refractivity contribution in [2.45, 2.75) is 83.3 Å². The fourth-order valence-electron chi connectivity index (χ4n) is 2.54. The van der Waals surface area contributed by atoms with Crippen LogP contribution in [0.3, 0.4) is 0 Å². The van der Waals surface area contributed by atoms with E-state index in [-0.39, 0.29) is 6.29 Å². The van der Waals surface area contributed by atoms with Crippen molar-refractivity contribution in [3.8, 4) is 12.3 Å². The highest BCUT2D eigenvalue weighted by Gasteiger charge is 2.12. The minimum absolute atomic E-state index is 0.0571. The SMILES string of the molecule is C#CCCCCCCCCC=CCCOC1CCCCO1. The van der Waals surface area contributed by atoms with Gasteiger partial charge in [0.2, 0.25) is 0 Å². The minimum Gasteiger partial charge on any atom is -0.353 e. The van der Waals surface area contributed by atoms with Gasteiger partial charge in [-0.3, -0.25) is 0 Å². The smallest absolute Gasteiger partial charge is 0.157 e. The van der Waals surface area contributed by atoms with Crippen LogP contribution < -0.4 is 0 Å². The molecular formula is C19H32O2. The molecule has 1 rings (SSSR count). The molecule has 2 nitrogen and oxygen atoms in total. The van der Waals surface area contributed by atoms with Crippen LogP contribution in [0.1, 0.15) is 77.0 Å². The normalized spacial score (nSPS) is 18.9. The van der Waals surface area contributed by atoms with Crippen LogP contribution in [-0.2, 0) is 9.47 Å². The molecule has 0 amide bonds. The Hall–Kier alpha value is -0.780. The van der Waals surface area contributed by atoms with Crippen molar-refractivity contribution < 1.29 is 9.47 Å². The van der Waals surface area contributed by atoms with Gasteiger partial charge < -0.3 is 9.47 Å². The quantitative estimate of drug-likeness (QED) is 0.278. The molecule has 2 heteroatoms. The Morgan fingerprint density at radius 2 is 1.76 bits per heavy atom. The Kier molecular flexibility index (Phi) is 12.3. The van der Waals surface area contributed by atoms with Crippen LogP contribution in [0.25, 0.3) is 0 Å². The van der Waals surface area contributed by atoms with Crippen molar-refractivity contribution in [3.63, 3.8) is 0 Å². The van der Waals surface area contributed by atoms with Crippen LogP contribution in [0.5, 0.6) is 0 Å². The summed E-state index contributed by atoms with van der Waals surface area (Å²) < 4.78 is 11.2. The number of hydrogen-bond donors (Lipinski definition) is 0. The Morgan fingerprint density at radius 1 is 1.00 bits per heavy atom. The van der Waals surface area contributed by atoms with Crippen LogP contribution in [0.2, 0.25) is 0 Å². The lowest BCUT2D eigenvalue weighted by Gasteiger charge is -2.22. The Morgan fingerprint density at radius 3 is 2.52 bits per heavy atom. The van der Waals surface area contributed by atoms with E-state index in [1.165, 1.54) is 57.8 Å². The van der Waals surface area contributed by atoms with Crippen molar-refractivity contribution in [2.24, 2.45) is 0 Å². The first-order chi connectivity index (χ1) is 10.4. The topological polar surface area (TPSA) is 18.5 Å². The van der Waals surface area contributed by atoms with Gasteiger partial charge in [-0.1, -0.05) is 37.8 Å². The first kappa shape index (κ1) is 18.3. The summed E-state index contributed by atoms with van der Waals surface area (Å²) in [5.41, 5.74) is 0. The zero-order valence-electron chi connectivity index (χ0n) is 13.5. The first-order valence-corrected chi connectivity index (χ1v) is 8.75. The molecule has 0 radical (unpaired) electrons. The van der Waals surface area contributed by atoms with E-state index in [1.807, 2.05) is 0 Å². The predicted octanol–water partition coefficient (Wildman–Crippen LogP) is 5.23. The Balaban J connectivity index is 1.77. The molecule has 1 aliphatic rings. The third kappa shape index (κ3) is 11.5. The lowest BCUT2D eigenvalue weighted by molar-refractivity contribution is -0.161. The maximum atomic E-state index is 5.69. The van der Waals surface area contributed by atoms with E-state index in [2.05, 4.69) is 18.1 Å². The second-order valence-electron chi connectivity index (χ2n) is 5.79. The average molecular weight is 292 g/mol. The van der Waals surface area contributed by atoms with Gasteiger partial charge in [0, 0.05) is 13.0 Å². The standard InChI is InChI=1S/C19H32O2/c1-2-3-4-5-6-7-8-9-10-11-12-14-17-20-19-16-13-15-18-21-19/h1,11-12,19H,3-10,13-18H2. The molecule has 1 atom stereocenters. The summed E-state index contributed by atoms with van der Waals surface area (Å²) in [6.07, 6.45) is 24.3. The summed E-state index contributed by atoms with van der Waals surface area (Å²) in [7, 11) is 0. The molecule has 1 unspecified atom stereocenters. The summed E-state index contributed by atoms with van der Waals surface area (Å²) in [4.78, 5) is 0. The molecule has 0 spiro atoms. The highest BCUT2D eigenvalue weighted by atomic mass is 16.7. The highest BCUT2D eigenvalue weighted by Crippen LogP contribution is 2.14. The highest BCUT2D eigenvalue weighted by molar-refractivity contribution is 4.83. The van der Waals surface area contributed by atoms with Gasteiger partial charge in [0.25, 0.3) is 0 Å². The Labute approximate surface area is 131 Å². The monoisotopic (exact) mass is 292 g/mol. The van der Waals surface area contributed by atoms with Crippen LogP contribution >= 0.6 is 0 Å². The molecule has 0 aromatic carbocycles. The maximum absolute atomic E-state index is 5.69. The fraction of sp³-hybridized carbons (Fsp3) is 0.789. The number of unbranched alkanes of at least 4 members (excludes halogenated alkanes) is 7. The lowest BCUT2D eigenvalue weighted by Crippen LogP contribution is -2.22. The summed E-state index contributed by atoms with van der Waals surface area (Å²) in [5.74, 6) is 2.70. The van der Waals surface area contributed by atoms with Gasteiger partial charge >= 0.3 is 0 Å². The van der Waals surface area contributed by atoms with E-state index in [0.717, 1.165) is 32.5 Å². The first-order valence-electron chi connectivity index (χ1n) is 8.75. The zero-order chi connectivity index (χ0) is 15.0. The molecular weight excluding hydrogens is 260 g/mol. The van der Waals surface area contributed by atoms with Crippen molar-refractivity contribution >= 4 is 0 Å². The van der Waals surface area contributed by atoms with Gasteiger partial charge in [-0.15, -0.1) is 12.3 Å². The van der Waals surface area contributed by atoms with Gasteiger partial charge in [0.1, 0.15) is 0 Å². The van der Waals surface area contributed by atoms with E-state index in [1.54, 1.807) is 0 Å². The molecule has 0 aromatic heterocycles. The number of terminal acetylenes is 1. The number of allylic oxidation sites excluding steroid dienone is 1. The summed E-state index contributed by atoms with van der Waals surface area (Å²) in [6, 6.07) is 0.